The van der Waals surface area contributed by atoms with Crippen LogP contribution in [0, 0.1) is 5.82 Å². The van der Waals surface area contributed by atoms with E-state index in [2.05, 4.69) is 20.6 Å². The van der Waals surface area contributed by atoms with Gasteiger partial charge in [-0.3, -0.25) is 9.78 Å². The standard InChI is InChI=1S/C21H23FN4O/c1-3-14(4-2)19-12-25-20(13-24-19)26-21(27)16-5-6-17(18(22)11-16)15-7-9-23-10-8-15/h3,5-7,11-13,23H,4,8-10H2,1-2H3,(H,25,26,27)/b14-3+. The molecule has 0 fully saturated rings. The molecule has 27 heavy (non-hydrogen) atoms. The van der Waals surface area contributed by atoms with Gasteiger partial charge in [-0.25, -0.2) is 9.37 Å². The lowest BCUT2D eigenvalue weighted by molar-refractivity contribution is 0.102. The minimum atomic E-state index is -0.413. The summed E-state index contributed by atoms with van der Waals surface area (Å²) in [6.45, 7) is 5.56. The lowest BCUT2D eigenvalue weighted by Crippen LogP contribution is -2.20. The fourth-order valence-corrected chi connectivity index (χ4v) is 3.06. The van der Waals surface area contributed by atoms with Gasteiger partial charge in [-0.1, -0.05) is 25.1 Å². The Morgan fingerprint density at radius 2 is 2.19 bits per heavy atom. The first-order chi connectivity index (χ1) is 13.1. The minimum absolute atomic E-state index is 0.249. The summed E-state index contributed by atoms with van der Waals surface area (Å²) in [6, 6.07) is 4.56. The van der Waals surface area contributed by atoms with Crippen molar-refractivity contribution < 1.29 is 9.18 Å². The van der Waals surface area contributed by atoms with Gasteiger partial charge in [0.25, 0.3) is 5.91 Å². The second-order valence-corrected chi connectivity index (χ2v) is 6.29. The molecule has 0 radical (unpaired) electrons. The average molecular weight is 366 g/mol. The summed E-state index contributed by atoms with van der Waals surface area (Å²) in [4.78, 5) is 21.0. The van der Waals surface area contributed by atoms with E-state index in [1.807, 2.05) is 26.0 Å². The molecule has 0 atom stereocenters. The van der Waals surface area contributed by atoms with Crippen LogP contribution < -0.4 is 10.6 Å². The van der Waals surface area contributed by atoms with Crippen LogP contribution in [0.5, 0.6) is 0 Å². The lowest BCUT2D eigenvalue weighted by Gasteiger charge is -2.15. The largest absolute Gasteiger partial charge is 0.313 e. The molecule has 2 aromatic rings. The Kier molecular flexibility index (Phi) is 6.08. The van der Waals surface area contributed by atoms with E-state index in [0.29, 0.717) is 11.4 Å². The molecule has 140 valence electrons. The molecule has 2 heterocycles. The third-order valence-corrected chi connectivity index (χ3v) is 4.59. The van der Waals surface area contributed by atoms with E-state index >= 15 is 0 Å². The molecule has 1 aliphatic heterocycles. The molecule has 0 spiro atoms. The number of carbonyl (C=O) groups excluding carboxylic acids is 1. The Morgan fingerprint density at radius 1 is 1.33 bits per heavy atom. The number of amides is 1. The smallest absolute Gasteiger partial charge is 0.256 e. The molecular weight excluding hydrogens is 343 g/mol. The van der Waals surface area contributed by atoms with Crippen molar-refractivity contribution in [2.45, 2.75) is 26.7 Å². The van der Waals surface area contributed by atoms with Crippen molar-refractivity contribution >= 4 is 22.9 Å². The zero-order valence-electron chi connectivity index (χ0n) is 15.6. The Labute approximate surface area is 158 Å². The van der Waals surface area contributed by atoms with E-state index in [-0.39, 0.29) is 5.56 Å². The van der Waals surface area contributed by atoms with Crippen molar-refractivity contribution in [3.8, 4) is 0 Å². The van der Waals surface area contributed by atoms with Crippen LogP contribution in [0.4, 0.5) is 10.2 Å². The predicted octanol–water partition coefficient (Wildman–Crippen LogP) is 4.06. The molecule has 0 saturated carbocycles. The second-order valence-electron chi connectivity index (χ2n) is 6.29. The Balaban J connectivity index is 1.72. The summed E-state index contributed by atoms with van der Waals surface area (Å²) in [5.41, 5.74) is 3.64. The molecule has 1 aromatic heterocycles. The molecule has 0 bridgehead atoms. The number of allylic oxidation sites excluding steroid dienone is 2. The molecule has 5 nitrogen and oxygen atoms in total. The van der Waals surface area contributed by atoms with E-state index in [9.17, 15) is 9.18 Å². The van der Waals surface area contributed by atoms with Gasteiger partial charge in [0.05, 0.1) is 18.1 Å². The minimum Gasteiger partial charge on any atom is -0.313 e. The van der Waals surface area contributed by atoms with Gasteiger partial charge in [0.2, 0.25) is 0 Å². The summed E-state index contributed by atoms with van der Waals surface area (Å²) < 4.78 is 14.5. The zero-order chi connectivity index (χ0) is 19.2. The van der Waals surface area contributed by atoms with E-state index < -0.39 is 11.7 Å². The number of hydrogen-bond donors (Lipinski definition) is 2. The first-order valence-corrected chi connectivity index (χ1v) is 9.11. The Morgan fingerprint density at radius 3 is 2.78 bits per heavy atom. The quantitative estimate of drug-likeness (QED) is 0.837. The SMILES string of the molecule is C/C=C(\CC)c1cnc(NC(=O)c2ccc(C3=CCNCC3)c(F)c2)cn1. The highest BCUT2D eigenvalue weighted by Crippen LogP contribution is 2.24. The topological polar surface area (TPSA) is 66.9 Å². The van der Waals surface area contributed by atoms with E-state index in [1.54, 1.807) is 18.3 Å². The van der Waals surface area contributed by atoms with E-state index in [4.69, 9.17) is 0 Å². The molecule has 2 N–H and O–H groups in total. The van der Waals surface area contributed by atoms with Gasteiger partial charge in [0, 0.05) is 17.7 Å². The maximum Gasteiger partial charge on any atom is 0.256 e. The van der Waals surface area contributed by atoms with Crippen molar-refractivity contribution in [1.82, 2.24) is 15.3 Å². The number of nitrogens with zero attached hydrogens (tertiary/aromatic N) is 2. The van der Waals surface area contributed by atoms with Crippen LogP contribution in [-0.2, 0) is 0 Å². The van der Waals surface area contributed by atoms with Gasteiger partial charge in [-0.05, 0) is 49.6 Å². The lowest BCUT2D eigenvalue weighted by atomic mass is 9.98. The number of rotatable bonds is 5. The van der Waals surface area contributed by atoms with Gasteiger partial charge in [-0.2, -0.15) is 0 Å². The summed E-state index contributed by atoms with van der Waals surface area (Å²) in [5, 5.41) is 5.86. The van der Waals surface area contributed by atoms with Crippen molar-refractivity contribution in [3.05, 3.63) is 65.4 Å². The molecule has 3 rings (SSSR count). The maximum atomic E-state index is 14.5. The average Bonchev–Trinajstić information content (AvgIpc) is 2.70. The van der Waals surface area contributed by atoms with Crippen LogP contribution >= 0.6 is 0 Å². The second kappa shape index (κ2) is 8.68. The number of halogens is 1. The molecule has 6 heteroatoms. The number of carbonyl (C=O) groups is 1. The van der Waals surface area contributed by atoms with Gasteiger partial charge in [0.1, 0.15) is 5.82 Å². The first kappa shape index (κ1) is 18.9. The normalized spacial score (nSPS) is 14.6. The monoisotopic (exact) mass is 366 g/mol. The number of aromatic nitrogens is 2. The summed E-state index contributed by atoms with van der Waals surface area (Å²) in [6.07, 6.45) is 8.74. The van der Waals surface area contributed by atoms with E-state index in [1.165, 1.54) is 12.3 Å². The molecule has 0 aliphatic carbocycles. The highest BCUT2D eigenvalue weighted by molar-refractivity contribution is 6.03. The summed E-state index contributed by atoms with van der Waals surface area (Å²) >= 11 is 0. The van der Waals surface area contributed by atoms with Crippen LogP contribution in [-0.4, -0.2) is 29.0 Å². The molecule has 0 unspecified atom stereocenters. The number of nitrogens with one attached hydrogen (secondary N) is 2. The Bertz CT molecular complexity index is 888. The fraction of sp³-hybridized carbons (Fsp3) is 0.286. The van der Waals surface area contributed by atoms with Gasteiger partial charge in [0.15, 0.2) is 5.82 Å². The predicted molar refractivity (Wildman–Crippen MR) is 106 cm³/mol. The van der Waals surface area contributed by atoms with Crippen molar-refractivity contribution in [2.75, 3.05) is 18.4 Å². The van der Waals surface area contributed by atoms with Crippen LogP contribution in [0.25, 0.3) is 11.1 Å². The van der Waals surface area contributed by atoms with Crippen molar-refractivity contribution in [3.63, 3.8) is 0 Å². The first-order valence-electron chi connectivity index (χ1n) is 9.11. The third-order valence-electron chi connectivity index (χ3n) is 4.59. The zero-order valence-corrected chi connectivity index (χ0v) is 15.6. The van der Waals surface area contributed by atoms with Crippen LogP contribution in [0.2, 0.25) is 0 Å². The molecule has 1 aromatic carbocycles. The van der Waals surface area contributed by atoms with Crippen molar-refractivity contribution in [2.24, 2.45) is 0 Å². The number of benzene rings is 1. The molecule has 0 saturated heterocycles. The third kappa shape index (κ3) is 4.46. The van der Waals surface area contributed by atoms with E-state index in [0.717, 1.165) is 42.8 Å². The number of hydrogen-bond acceptors (Lipinski definition) is 4. The summed E-state index contributed by atoms with van der Waals surface area (Å²) in [7, 11) is 0. The van der Waals surface area contributed by atoms with Crippen molar-refractivity contribution in [1.29, 1.82) is 0 Å². The highest BCUT2D eigenvalue weighted by Gasteiger charge is 2.14. The van der Waals surface area contributed by atoms with Gasteiger partial charge in [-0.15, -0.1) is 0 Å². The molecule has 1 amide bonds. The van der Waals surface area contributed by atoms with Crippen LogP contribution in [0.1, 0.15) is 48.3 Å². The Hall–Kier alpha value is -2.86. The fourth-order valence-electron chi connectivity index (χ4n) is 3.06. The number of anilines is 1. The summed E-state index contributed by atoms with van der Waals surface area (Å²) in [5.74, 6) is -0.470. The van der Waals surface area contributed by atoms with Crippen LogP contribution in [0.15, 0.2) is 42.7 Å². The molecular formula is C21H23FN4O. The van der Waals surface area contributed by atoms with Gasteiger partial charge < -0.3 is 10.6 Å². The maximum absolute atomic E-state index is 14.5. The van der Waals surface area contributed by atoms with Gasteiger partial charge >= 0.3 is 0 Å². The van der Waals surface area contributed by atoms with Crippen LogP contribution in [0.3, 0.4) is 0 Å². The highest BCUT2D eigenvalue weighted by atomic mass is 19.1. The molecule has 1 aliphatic rings.